The van der Waals surface area contributed by atoms with Gasteiger partial charge in [0.2, 0.25) is 0 Å². The van der Waals surface area contributed by atoms with Crippen LogP contribution in [0.5, 0.6) is 0 Å². The Bertz CT molecular complexity index is 404. The van der Waals surface area contributed by atoms with Crippen LogP contribution in [0.3, 0.4) is 0 Å². The summed E-state index contributed by atoms with van der Waals surface area (Å²) in [6, 6.07) is 4.35. The van der Waals surface area contributed by atoms with E-state index in [0.29, 0.717) is 18.9 Å². The number of aliphatic hydroxyl groups is 1. The maximum Gasteiger partial charge on any atom is 0.125 e. The smallest absolute Gasteiger partial charge is 0.125 e. The summed E-state index contributed by atoms with van der Waals surface area (Å²) in [7, 11) is 0. The Labute approximate surface area is 127 Å². The van der Waals surface area contributed by atoms with Crippen LogP contribution in [0.15, 0.2) is 22.7 Å². The van der Waals surface area contributed by atoms with Gasteiger partial charge in [0.25, 0.3) is 0 Å². The predicted octanol–water partition coefficient (Wildman–Crippen LogP) is 2.80. The van der Waals surface area contributed by atoms with E-state index in [-0.39, 0.29) is 25.1 Å². The molecule has 0 amide bonds. The van der Waals surface area contributed by atoms with Crippen molar-refractivity contribution in [2.45, 2.75) is 26.1 Å². The van der Waals surface area contributed by atoms with E-state index < -0.39 is 6.10 Å². The van der Waals surface area contributed by atoms with Gasteiger partial charge >= 0.3 is 0 Å². The average Bonchev–Trinajstić information content (AvgIpc) is 2.39. The molecule has 114 valence electrons. The molecular weight excluding hydrogens is 329 g/mol. The quantitative estimate of drug-likeness (QED) is 0.673. The Hall–Kier alpha value is -0.690. The number of hydrogen-bond acceptors (Lipinski definition) is 4. The molecular formula is C14H21BrFNO3. The summed E-state index contributed by atoms with van der Waals surface area (Å²) in [5.41, 5.74) is 0.604. The zero-order valence-electron chi connectivity index (χ0n) is 11.7. The summed E-state index contributed by atoms with van der Waals surface area (Å²) in [6.45, 7) is 5.35. The predicted molar refractivity (Wildman–Crippen MR) is 80.5 cm³/mol. The Morgan fingerprint density at radius 1 is 1.35 bits per heavy atom. The standard InChI is InChI=1S/C14H21BrFNO3/c1-10(2)20-6-5-19-9-12(18)8-17-14-7-11(16)3-4-13(14)15/h3-4,7,10,12,17-18H,5-6,8-9H2,1-2H3. The highest BCUT2D eigenvalue weighted by Gasteiger charge is 2.07. The van der Waals surface area contributed by atoms with Gasteiger partial charge in [-0.05, 0) is 48.0 Å². The molecule has 0 radical (unpaired) electrons. The molecule has 0 aliphatic carbocycles. The highest BCUT2D eigenvalue weighted by atomic mass is 79.9. The minimum absolute atomic E-state index is 0.176. The molecule has 1 aromatic carbocycles. The van der Waals surface area contributed by atoms with Gasteiger partial charge in [0, 0.05) is 11.0 Å². The Kier molecular flexibility index (Phi) is 8.06. The number of ether oxygens (including phenoxy) is 2. The summed E-state index contributed by atoms with van der Waals surface area (Å²) in [5.74, 6) is -0.327. The van der Waals surface area contributed by atoms with Crippen LogP contribution in [0.1, 0.15) is 13.8 Å². The molecule has 2 N–H and O–H groups in total. The summed E-state index contributed by atoms with van der Waals surface area (Å²) in [6.07, 6.45) is -0.486. The lowest BCUT2D eigenvalue weighted by atomic mass is 10.3. The van der Waals surface area contributed by atoms with Crippen molar-refractivity contribution >= 4 is 21.6 Å². The maximum absolute atomic E-state index is 13.1. The topological polar surface area (TPSA) is 50.7 Å². The summed E-state index contributed by atoms with van der Waals surface area (Å²) in [4.78, 5) is 0. The third-order valence-corrected chi connectivity index (χ3v) is 3.14. The second kappa shape index (κ2) is 9.28. The molecule has 4 nitrogen and oxygen atoms in total. The van der Waals surface area contributed by atoms with Crippen LogP contribution in [-0.2, 0) is 9.47 Å². The van der Waals surface area contributed by atoms with Crippen molar-refractivity contribution in [3.8, 4) is 0 Å². The molecule has 0 saturated heterocycles. The van der Waals surface area contributed by atoms with E-state index in [4.69, 9.17) is 9.47 Å². The average molecular weight is 350 g/mol. The van der Waals surface area contributed by atoms with Crippen molar-refractivity contribution in [3.05, 3.63) is 28.5 Å². The van der Waals surface area contributed by atoms with E-state index in [1.807, 2.05) is 13.8 Å². The molecule has 6 heteroatoms. The SMILES string of the molecule is CC(C)OCCOCC(O)CNc1cc(F)ccc1Br. The van der Waals surface area contributed by atoms with E-state index in [2.05, 4.69) is 21.2 Å². The van der Waals surface area contributed by atoms with Crippen LogP contribution < -0.4 is 5.32 Å². The number of benzene rings is 1. The van der Waals surface area contributed by atoms with Crippen molar-refractivity contribution < 1.29 is 19.0 Å². The van der Waals surface area contributed by atoms with Gasteiger partial charge in [-0.15, -0.1) is 0 Å². The number of halogens is 2. The lowest BCUT2D eigenvalue weighted by Crippen LogP contribution is -2.26. The first-order chi connectivity index (χ1) is 9.49. The monoisotopic (exact) mass is 349 g/mol. The van der Waals surface area contributed by atoms with Crippen LogP contribution in [-0.4, -0.2) is 43.7 Å². The van der Waals surface area contributed by atoms with Gasteiger partial charge in [0.05, 0.1) is 37.7 Å². The number of aliphatic hydroxyl groups excluding tert-OH is 1. The van der Waals surface area contributed by atoms with E-state index in [9.17, 15) is 9.50 Å². The zero-order chi connectivity index (χ0) is 15.0. The molecule has 1 aromatic rings. The van der Waals surface area contributed by atoms with Crippen LogP contribution in [0.25, 0.3) is 0 Å². The molecule has 0 aliphatic rings. The van der Waals surface area contributed by atoms with E-state index in [0.717, 1.165) is 4.47 Å². The number of anilines is 1. The second-order valence-corrected chi connectivity index (χ2v) is 5.51. The number of rotatable bonds is 9. The lowest BCUT2D eigenvalue weighted by molar-refractivity contribution is -0.00734. The summed E-state index contributed by atoms with van der Waals surface area (Å²) >= 11 is 3.31. The molecule has 0 bridgehead atoms. The van der Waals surface area contributed by atoms with Gasteiger partial charge in [0.15, 0.2) is 0 Å². The summed E-state index contributed by atoms with van der Waals surface area (Å²) < 4.78 is 24.4. The first kappa shape index (κ1) is 17.4. The minimum Gasteiger partial charge on any atom is -0.389 e. The van der Waals surface area contributed by atoms with Gasteiger partial charge in [-0.3, -0.25) is 0 Å². The van der Waals surface area contributed by atoms with Gasteiger partial charge in [-0.1, -0.05) is 0 Å². The number of nitrogens with one attached hydrogen (secondary N) is 1. The van der Waals surface area contributed by atoms with E-state index in [1.54, 1.807) is 6.07 Å². The molecule has 0 aliphatic heterocycles. The molecule has 0 heterocycles. The van der Waals surface area contributed by atoms with Gasteiger partial charge in [-0.2, -0.15) is 0 Å². The van der Waals surface area contributed by atoms with Gasteiger partial charge in [0.1, 0.15) is 5.82 Å². The van der Waals surface area contributed by atoms with Crippen molar-refractivity contribution in [1.82, 2.24) is 0 Å². The van der Waals surface area contributed by atoms with Gasteiger partial charge in [-0.25, -0.2) is 4.39 Å². The van der Waals surface area contributed by atoms with Gasteiger partial charge < -0.3 is 19.9 Å². The molecule has 0 fully saturated rings. The van der Waals surface area contributed by atoms with Crippen molar-refractivity contribution in [1.29, 1.82) is 0 Å². The minimum atomic E-state index is -0.663. The van der Waals surface area contributed by atoms with Crippen molar-refractivity contribution in [2.75, 3.05) is 31.7 Å². The number of hydrogen-bond donors (Lipinski definition) is 2. The van der Waals surface area contributed by atoms with E-state index >= 15 is 0 Å². The molecule has 1 rings (SSSR count). The second-order valence-electron chi connectivity index (χ2n) is 4.65. The Morgan fingerprint density at radius 2 is 2.10 bits per heavy atom. The third-order valence-electron chi connectivity index (χ3n) is 2.45. The van der Waals surface area contributed by atoms with Crippen molar-refractivity contribution in [2.24, 2.45) is 0 Å². The van der Waals surface area contributed by atoms with Crippen LogP contribution in [0, 0.1) is 5.82 Å². The normalized spacial score (nSPS) is 12.7. The highest BCUT2D eigenvalue weighted by molar-refractivity contribution is 9.10. The zero-order valence-corrected chi connectivity index (χ0v) is 13.3. The summed E-state index contributed by atoms with van der Waals surface area (Å²) in [5, 5.41) is 12.7. The molecule has 0 saturated carbocycles. The van der Waals surface area contributed by atoms with Crippen LogP contribution >= 0.6 is 15.9 Å². The maximum atomic E-state index is 13.1. The van der Waals surface area contributed by atoms with Crippen LogP contribution in [0.4, 0.5) is 10.1 Å². The fourth-order valence-corrected chi connectivity index (χ4v) is 1.87. The lowest BCUT2D eigenvalue weighted by Gasteiger charge is -2.14. The molecule has 0 aromatic heterocycles. The molecule has 1 unspecified atom stereocenters. The largest absolute Gasteiger partial charge is 0.389 e. The van der Waals surface area contributed by atoms with Crippen molar-refractivity contribution in [3.63, 3.8) is 0 Å². The Morgan fingerprint density at radius 3 is 2.80 bits per heavy atom. The first-order valence-electron chi connectivity index (χ1n) is 6.55. The molecule has 0 spiro atoms. The third kappa shape index (κ3) is 7.19. The fourth-order valence-electron chi connectivity index (χ4n) is 1.48. The fraction of sp³-hybridized carbons (Fsp3) is 0.571. The first-order valence-corrected chi connectivity index (χ1v) is 7.34. The Balaban J connectivity index is 2.19. The van der Waals surface area contributed by atoms with Crippen LogP contribution in [0.2, 0.25) is 0 Å². The molecule has 20 heavy (non-hydrogen) atoms. The highest BCUT2D eigenvalue weighted by Crippen LogP contribution is 2.22. The molecule has 1 atom stereocenters. The van der Waals surface area contributed by atoms with E-state index in [1.165, 1.54) is 12.1 Å².